The molecular weight excluding hydrogens is 483 g/mol. The molecule has 11 heteroatoms. The Kier molecular flexibility index (Phi) is 6.99. The highest BCUT2D eigenvalue weighted by Crippen LogP contribution is 2.28. The highest BCUT2D eigenvalue weighted by Gasteiger charge is 2.22. The molecule has 1 aliphatic heterocycles. The largest absolute Gasteiger partial charge is 0.491 e. The predicted molar refractivity (Wildman–Crippen MR) is 130 cm³/mol. The number of carbonyl (C=O) groups excluding carboxylic acids is 2. The predicted octanol–water partition coefficient (Wildman–Crippen LogP) is 2.82. The van der Waals surface area contributed by atoms with Crippen molar-refractivity contribution in [1.82, 2.24) is 30.2 Å². The molecule has 0 saturated carbocycles. The zero-order valence-corrected chi connectivity index (χ0v) is 20.1. The number of thiazole rings is 1. The van der Waals surface area contributed by atoms with Crippen molar-refractivity contribution in [3.8, 4) is 17.0 Å². The summed E-state index contributed by atoms with van der Waals surface area (Å²) in [6.45, 7) is 1.17. The summed E-state index contributed by atoms with van der Waals surface area (Å²) in [6.07, 6.45) is 1.79. The Morgan fingerprint density at radius 2 is 1.94 bits per heavy atom. The van der Waals surface area contributed by atoms with Gasteiger partial charge in [0, 0.05) is 22.5 Å². The smallest absolute Gasteiger partial charge is 0.241 e. The molecule has 2 bridgehead atoms. The molecule has 3 heterocycles. The van der Waals surface area contributed by atoms with E-state index >= 15 is 0 Å². The van der Waals surface area contributed by atoms with Crippen molar-refractivity contribution < 1.29 is 18.7 Å². The number of benzene rings is 2. The lowest BCUT2D eigenvalue weighted by molar-refractivity contribution is -0.131. The van der Waals surface area contributed by atoms with E-state index in [1.165, 1.54) is 28.2 Å². The Bertz CT molecular complexity index is 1370. The second kappa shape index (κ2) is 10.6. The number of hydrogen-bond donors (Lipinski definition) is 1. The normalized spacial score (nSPS) is 14.4. The second-order valence-corrected chi connectivity index (χ2v) is 9.21. The summed E-state index contributed by atoms with van der Waals surface area (Å²) in [4.78, 5) is 32.7. The van der Waals surface area contributed by atoms with Crippen LogP contribution in [0.5, 0.6) is 5.75 Å². The first kappa shape index (κ1) is 23.6. The van der Waals surface area contributed by atoms with Crippen LogP contribution in [0, 0.1) is 5.82 Å². The Labute approximate surface area is 210 Å². The number of amides is 2. The van der Waals surface area contributed by atoms with Crippen LogP contribution in [-0.2, 0) is 35.6 Å². The average Bonchev–Trinajstić information content (AvgIpc) is 3.51. The number of ether oxygens (including phenoxy) is 1. The quantitative estimate of drug-likeness (QED) is 0.459. The molecule has 0 spiro atoms. The molecular formula is C25H23FN6O3S. The maximum absolute atomic E-state index is 13.6. The summed E-state index contributed by atoms with van der Waals surface area (Å²) in [5.41, 5.74) is 4.50. The number of halogens is 1. The molecule has 9 nitrogen and oxygen atoms in total. The van der Waals surface area contributed by atoms with Crippen molar-refractivity contribution in [1.29, 1.82) is 0 Å². The minimum absolute atomic E-state index is 0.0272. The van der Waals surface area contributed by atoms with Crippen LogP contribution in [-0.4, -0.2) is 49.8 Å². The summed E-state index contributed by atoms with van der Waals surface area (Å²) < 4.78 is 20.8. The molecule has 1 aliphatic rings. The van der Waals surface area contributed by atoms with Crippen molar-refractivity contribution >= 4 is 23.2 Å². The summed E-state index contributed by atoms with van der Waals surface area (Å²) in [5.74, 6) is -0.0115. The zero-order chi connectivity index (χ0) is 24.9. The van der Waals surface area contributed by atoms with E-state index in [1.807, 2.05) is 24.3 Å². The van der Waals surface area contributed by atoms with Crippen LogP contribution in [0.25, 0.3) is 11.3 Å². The van der Waals surface area contributed by atoms with Gasteiger partial charge in [-0.3, -0.25) is 9.59 Å². The third-order valence-electron chi connectivity index (χ3n) is 5.68. The lowest BCUT2D eigenvalue weighted by Crippen LogP contribution is -2.33. The monoisotopic (exact) mass is 506 g/mol. The van der Waals surface area contributed by atoms with E-state index in [2.05, 4.69) is 20.6 Å². The molecule has 5 rings (SSSR count). The summed E-state index contributed by atoms with van der Waals surface area (Å²) in [5, 5.41) is 11.0. The van der Waals surface area contributed by atoms with Gasteiger partial charge < -0.3 is 15.0 Å². The van der Waals surface area contributed by atoms with Crippen LogP contribution in [0.4, 0.5) is 4.39 Å². The van der Waals surface area contributed by atoms with Gasteiger partial charge in [-0.25, -0.2) is 14.1 Å². The fourth-order valence-electron chi connectivity index (χ4n) is 3.94. The van der Waals surface area contributed by atoms with Crippen molar-refractivity contribution in [3.05, 3.63) is 82.2 Å². The number of nitrogens with one attached hydrogen (secondary N) is 1. The van der Waals surface area contributed by atoms with Crippen LogP contribution in [0.1, 0.15) is 16.1 Å². The molecule has 2 amide bonds. The van der Waals surface area contributed by atoms with Gasteiger partial charge >= 0.3 is 0 Å². The Morgan fingerprint density at radius 3 is 2.81 bits per heavy atom. The molecule has 2 aromatic heterocycles. The zero-order valence-electron chi connectivity index (χ0n) is 19.3. The van der Waals surface area contributed by atoms with Crippen LogP contribution in [0.15, 0.2) is 60.2 Å². The standard InChI is InChI=1S/C25H23FN6O3S/c26-19-7-5-17(6-8-19)25-22(36-16-28-25)11-24(34)31-12-18-3-1-2-4-21(18)35-10-9-27-23(33)15-32-14-20(13-31)29-30-32/h1-8,14,16H,9-13,15H2,(H,27,33). The molecule has 0 atom stereocenters. The van der Waals surface area contributed by atoms with E-state index in [9.17, 15) is 14.0 Å². The summed E-state index contributed by atoms with van der Waals surface area (Å²) in [6, 6.07) is 13.6. The van der Waals surface area contributed by atoms with Crippen molar-refractivity contribution in [2.45, 2.75) is 26.1 Å². The minimum Gasteiger partial charge on any atom is -0.491 e. The molecule has 0 saturated heterocycles. The molecule has 0 fully saturated rings. The van der Waals surface area contributed by atoms with E-state index in [4.69, 9.17) is 4.74 Å². The third kappa shape index (κ3) is 5.57. The van der Waals surface area contributed by atoms with Crippen molar-refractivity contribution in [2.24, 2.45) is 0 Å². The number of carbonyl (C=O) groups is 2. The highest BCUT2D eigenvalue weighted by molar-refractivity contribution is 7.10. The first-order valence-electron chi connectivity index (χ1n) is 11.4. The molecule has 0 radical (unpaired) electrons. The van der Waals surface area contributed by atoms with Gasteiger partial charge in [0.15, 0.2) is 0 Å². The van der Waals surface area contributed by atoms with Crippen molar-refractivity contribution in [2.75, 3.05) is 13.2 Å². The topological polar surface area (TPSA) is 102 Å². The van der Waals surface area contributed by atoms with E-state index in [0.717, 1.165) is 16.0 Å². The lowest BCUT2D eigenvalue weighted by Gasteiger charge is -2.23. The molecule has 184 valence electrons. The number of aromatic nitrogens is 4. The molecule has 0 aliphatic carbocycles. The van der Waals surface area contributed by atoms with Crippen LogP contribution in [0.3, 0.4) is 0 Å². The van der Waals surface area contributed by atoms with Gasteiger partial charge in [0.05, 0.1) is 36.9 Å². The molecule has 4 aromatic rings. The Balaban J connectivity index is 1.43. The van der Waals surface area contributed by atoms with Crippen LogP contribution in [0.2, 0.25) is 0 Å². The van der Waals surface area contributed by atoms with Crippen LogP contribution < -0.4 is 10.1 Å². The van der Waals surface area contributed by atoms with Gasteiger partial charge in [0.25, 0.3) is 0 Å². The number of rotatable bonds is 3. The SMILES string of the molecule is O=C1Cn2cc(nn2)CN(C(=O)Cc2scnc2-c2ccc(F)cc2)Cc2ccccc2OCCN1. The van der Waals surface area contributed by atoms with Gasteiger partial charge in [0.2, 0.25) is 11.8 Å². The number of para-hydroxylation sites is 1. The van der Waals surface area contributed by atoms with Gasteiger partial charge in [-0.2, -0.15) is 0 Å². The van der Waals surface area contributed by atoms with E-state index in [0.29, 0.717) is 36.8 Å². The van der Waals surface area contributed by atoms with Gasteiger partial charge in [-0.1, -0.05) is 23.4 Å². The lowest BCUT2D eigenvalue weighted by atomic mass is 10.1. The second-order valence-electron chi connectivity index (χ2n) is 8.27. The Morgan fingerprint density at radius 1 is 1.11 bits per heavy atom. The molecule has 1 N–H and O–H groups in total. The van der Waals surface area contributed by atoms with Crippen LogP contribution >= 0.6 is 11.3 Å². The number of fused-ring (bicyclic) bond motifs is 3. The third-order valence-corrected chi connectivity index (χ3v) is 6.52. The first-order valence-corrected chi connectivity index (χ1v) is 12.3. The maximum Gasteiger partial charge on any atom is 0.241 e. The Hall–Kier alpha value is -4.12. The fourth-order valence-corrected chi connectivity index (χ4v) is 4.71. The maximum atomic E-state index is 13.6. The minimum atomic E-state index is -0.330. The number of nitrogens with zero attached hydrogens (tertiary/aromatic N) is 5. The molecule has 36 heavy (non-hydrogen) atoms. The summed E-state index contributed by atoms with van der Waals surface area (Å²) in [7, 11) is 0. The number of hydrogen-bond acceptors (Lipinski definition) is 7. The van der Waals surface area contributed by atoms with Gasteiger partial charge in [-0.05, 0) is 30.3 Å². The first-order chi connectivity index (χ1) is 17.5. The van der Waals surface area contributed by atoms with E-state index in [-0.39, 0.29) is 37.1 Å². The summed E-state index contributed by atoms with van der Waals surface area (Å²) >= 11 is 1.38. The average molecular weight is 507 g/mol. The van der Waals surface area contributed by atoms with Gasteiger partial charge in [-0.15, -0.1) is 16.4 Å². The van der Waals surface area contributed by atoms with Crippen molar-refractivity contribution in [3.63, 3.8) is 0 Å². The van der Waals surface area contributed by atoms with E-state index in [1.54, 1.807) is 28.7 Å². The molecule has 2 aromatic carbocycles. The fraction of sp³-hybridized carbons (Fsp3) is 0.240. The molecule has 0 unspecified atom stereocenters. The highest BCUT2D eigenvalue weighted by atomic mass is 32.1. The van der Waals surface area contributed by atoms with E-state index < -0.39 is 0 Å². The van der Waals surface area contributed by atoms with Gasteiger partial charge in [0.1, 0.15) is 30.4 Å².